The summed E-state index contributed by atoms with van der Waals surface area (Å²) >= 11 is 0. The lowest BCUT2D eigenvalue weighted by Crippen LogP contribution is -2.44. The maximum absolute atomic E-state index is 11.9. The zero-order valence-electron chi connectivity index (χ0n) is 10.3. The van der Waals surface area contributed by atoms with Crippen molar-refractivity contribution in [1.29, 1.82) is 0 Å². The molecule has 0 spiro atoms. The summed E-state index contributed by atoms with van der Waals surface area (Å²) in [4.78, 5) is 11.4. The summed E-state index contributed by atoms with van der Waals surface area (Å²) < 4.78 is 23.8. The number of hydrogen-bond donors (Lipinski definition) is 2. The molecule has 2 amide bonds. The Labute approximate surface area is 106 Å². The van der Waals surface area contributed by atoms with E-state index >= 15 is 0 Å². The molecule has 0 heterocycles. The van der Waals surface area contributed by atoms with Gasteiger partial charge < -0.3 is 10.6 Å². The fourth-order valence-electron chi connectivity index (χ4n) is 1.60. The van der Waals surface area contributed by atoms with Gasteiger partial charge in [-0.1, -0.05) is 37.3 Å². The normalized spacial score (nSPS) is 12.2. The van der Waals surface area contributed by atoms with Crippen LogP contribution in [0.1, 0.15) is 18.9 Å². The van der Waals surface area contributed by atoms with Crippen LogP contribution in [0.3, 0.4) is 0 Å². The van der Waals surface area contributed by atoms with Crippen molar-refractivity contribution in [2.45, 2.75) is 32.2 Å². The monoisotopic (exact) mass is 256 g/mol. The summed E-state index contributed by atoms with van der Waals surface area (Å²) in [5, 5.41) is 4.82. The topological polar surface area (TPSA) is 41.1 Å². The first kappa shape index (κ1) is 14.4. The molecule has 0 aliphatic rings. The highest BCUT2D eigenvalue weighted by Crippen LogP contribution is 2.05. The van der Waals surface area contributed by atoms with Gasteiger partial charge in [0.2, 0.25) is 0 Å². The fourth-order valence-corrected chi connectivity index (χ4v) is 1.60. The van der Waals surface area contributed by atoms with Crippen molar-refractivity contribution in [2.75, 3.05) is 6.54 Å². The number of amides is 2. The van der Waals surface area contributed by atoms with E-state index in [0.29, 0.717) is 6.42 Å². The van der Waals surface area contributed by atoms with Gasteiger partial charge in [0.1, 0.15) is 0 Å². The van der Waals surface area contributed by atoms with Gasteiger partial charge >= 0.3 is 6.03 Å². The van der Waals surface area contributed by atoms with E-state index in [1.165, 1.54) is 0 Å². The maximum atomic E-state index is 11.9. The van der Waals surface area contributed by atoms with Crippen LogP contribution in [-0.4, -0.2) is 25.0 Å². The maximum Gasteiger partial charge on any atom is 0.315 e. The Bertz CT molecular complexity index is 357. The molecule has 0 aliphatic carbocycles. The third-order valence-corrected chi connectivity index (χ3v) is 2.57. The van der Waals surface area contributed by atoms with Crippen LogP contribution in [0.5, 0.6) is 0 Å². The van der Waals surface area contributed by atoms with Crippen molar-refractivity contribution < 1.29 is 13.6 Å². The average molecular weight is 256 g/mol. The number of nitrogens with one attached hydrogen (secondary N) is 2. The molecule has 18 heavy (non-hydrogen) atoms. The number of rotatable bonds is 6. The van der Waals surface area contributed by atoms with Crippen LogP contribution in [0.25, 0.3) is 0 Å². The number of halogens is 2. The van der Waals surface area contributed by atoms with Crippen LogP contribution in [-0.2, 0) is 6.42 Å². The third-order valence-electron chi connectivity index (χ3n) is 2.57. The summed E-state index contributed by atoms with van der Waals surface area (Å²) in [6.45, 7) is 1.33. The molecule has 0 bridgehead atoms. The first-order valence-electron chi connectivity index (χ1n) is 5.98. The van der Waals surface area contributed by atoms with E-state index in [-0.39, 0.29) is 6.04 Å². The quantitative estimate of drug-likeness (QED) is 0.807. The number of carbonyl (C=O) groups is 1. The standard InChI is InChI=1S/C13H18F2N2O/c1-2-11(8-10-6-4-3-5-7-10)17-13(18)16-9-12(14)15/h3-7,11-12H,2,8-9H2,1H3,(H2,16,17,18)/t11-/m0/s1. The predicted molar refractivity (Wildman–Crippen MR) is 66.8 cm³/mol. The zero-order chi connectivity index (χ0) is 13.4. The Morgan fingerprint density at radius 2 is 1.94 bits per heavy atom. The van der Waals surface area contributed by atoms with Gasteiger partial charge in [0, 0.05) is 6.04 Å². The Balaban J connectivity index is 2.40. The lowest BCUT2D eigenvalue weighted by Gasteiger charge is -2.17. The molecule has 100 valence electrons. The van der Waals surface area contributed by atoms with Crippen LogP contribution in [0, 0.1) is 0 Å². The first-order valence-corrected chi connectivity index (χ1v) is 5.98. The van der Waals surface area contributed by atoms with Crippen molar-refractivity contribution in [3.8, 4) is 0 Å². The van der Waals surface area contributed by atoms with Gasteiger partial charge in [-0.15, -0.1) is 0 Å². The Kier molecular flexibility index (Phi) is 6.11. The van der Waals surface area contributed by atoms with E-state index in [0.717, 1.165) is 12.0 Å². The molecule has 1 aromatic carbocycles. The second-order valence-corrected chi connectivity index (χ2v) is 4.04. The summed E-state index contributed by atoms with van der Waals surface area (Å²) in [5.74, 6) is 0. The minimum absolute atomic E-state index is 0.0509. The van der Waals surface area contributed by atoms with Gasteiger partial charge in [-0.3, -0.25) is 0 Å². The molecule has 1 atom stereocenters. The van der Waals surface area contributed by atoms with E-state index < -0.39 is 19.0 Å². The van der Waals surface area contributed by atoms with Crippen molar-refractivity contribution in [3.05, 3.63) is 35.9 Å². The third kappa shape index (κ3) is 5.61. The summed E-state index contributed by atoms with van der Waals surface area (Å²) in [7, 11) is 0. The second-order valence-electron chi connectivity index (χ2n) is 4.04. The molecule has 5 heteroatoms. The molecular formula is C13H18F2N2O. The fraction of sp³-hybridized carbons (Fsp3) is 0.462. The molecule has 2 N–H and O–H groups in total. The molecule has 0 saturated carbocycles. The second kappa shape index (κ2) is 7.63. The van der Waals surface area contributed by atoms with E-state index in [2.05, 4.69) is 10.6 Å². The Hall–Kier alpha value is -1.65. The molecule has 0 aromatic heterocycles. The van der Waals surface area contributed by atoms with E-state index in [9.17, 15) is 13.6 Å². The molecule has 0 aliphatic heterocycles. The van der Waals surface area contributed by atoms with Gasteiger partial charge in [0.05, 0.1) is 6.54 Å². The van der Waals surface area contributed by atoms with E-state index in [1.807, 2.05) is 37.3 Å². The predicted octanol–water partition coefficient (Wildman–Crippen LogP) is 2.57. The lowest BCUT2D eigenvalue weighted by atomic mass is 10.0. The summed E-state index contributed by atoms with van der Waals surface area (Å²) in [5.41, 5.74) is 1.11. The lowest BCUT2D eigenvalue weighted by molar-refractivity contribution is 0.146. The first-order chi connectivity index (χ1) is 8.61. The molecular weight excluding hydrogens is 238 g/mol. The smallest absolute Gasteiger partial charge is 0.315 e. The number of hydrogen-bond acceptors (Lipinski definition) is 1. The highest BCUT2D eigenvalue weighted by atomic mass is 19.3. The highest BCUT2D eigenvalue weighted by Gasteiger charge is 2.12. The Morgan fingerprint density at radius 1 is 1.28 bits per heavy atom. The van der Waals surface area contributed by atoms with Crippen molar-refractivity contribution in [3.63, 3.8) is 0 Å². The number of alkyl halides is 2. The number of urea groups is 1. The van der Waals surface area contributed by atoms with Crippen LogP contribution in [0.2, 0.25) is 0 Å². The van der Waals surface area contributed by atoms with Crippen LogP contribution in [0.15, 0.2) is 30.3 Å². The van der Waals surface area contributed by atoms with Gasteiger partial charge in [0.15, 0.2) is 0 Å². The van der Waals surface area contributed by atoms with Crippen molar-refractivity contribution in [1.82, 2.24) is 10.6 Å². The minimum atomic E-state index is -2.52. The zero-order valence-corrected chi connectivity index (χ0v) is 10.3. The Morgan fingerprint density at radius 3 is 2.50 bits per heavy atom. The summed E-state index contributed by atoms with van der Waals surface area (Å²) in [6, 6.07) is 9.14. The SMILES string of the molecule is CC[C@@H](Cc1ccccc1)NC(=O)NCC(F)F. The molecule has 0 radical (unpaired) electrons. The van der Waals surface area contributed by atoms with E-state index in [4.69, 9.17) is 0 Å². The molecule has 1 rings (SSSR count). The van der Waals surface area contributed by atoms with Crippen LogP contribution in [0.4, 0.5) is 13.6 Å². The van der Waals surface area contributed by atoms with Crippen molar-refractivity contribution >= 4 is 6.03 Å². The highest BCUT2D eigenvalue weighted by molar-refractivity contribution is 5.74. The van der Waals surface area contributed by atoms with Gasteiger partial charge in [-0.25, -0.2) is 13.6 Å². The van der Waals surface area contributed by atoms with Crippen LogP contribution < -0.4 is 10.6 Å². The molecule has 0 unspecified atom stereocenters. The van der Waals surface area contributed by atoms with E-state index in [1.54, 1.807) is 0 Å². The molecule has 1 aromatic rings. The van der Waals surface area contributed by atoms with Gasteiger partial charge in [0.25, 0.3) is 6.43 Å². The van der Waals surface area contributed by atoms with Gasteiger partial charge in [-0.05, 0) is 18.4 Å². The van der Waals surface area contributed by atoms with Crippen molar-refractivity contribution in [2.24, 2.45) is 0 Å². The minimum Gasteiger partial charge on any atom is -0.335 e. The largest absolute Gasteiger partial charge is 0.335 e. The molecule has 3 nitrogen and oxygen atoms in total. The molecule has 0 saturated heterocycles. The van der Waals surface area contributed by atoms with Gasteiger partial charge in [-0.2, -0.15) is 0 Å². The number of carbonyl (C=O) groups excluding carboxylic acids is 1. The number of benzene rings is 1. The van der Waals surface area contributed by atoms with Crippen LogP contribution >= 0.6 is 0 Å². The molecule has 0 fully saturated rings. The average Bonchev–Trinajstić information content (AvgIpc) is 2.37. The summed E-state index contributed by atoms with van der Waals surface area (Å²) in [6.07, 6.45) is -1.08.